The number of benzene rings is 1. The predicted molar refractivity (Wildman–Crippen MR) is 86.5 cm³/mol. The molecule has 3 heterocycles. The Bertz CT molecular complexity index is 761. The van der Waals surface area contributed by atoms with Gasteiger partial charge in [-0.25, -0.2) is 9.78 Å². The van der Waals surface area contributed by atoms with Crippen LogP contribution in [0.5, 0.6) is 0 Å². The number of carboxylic acids is 1. The third kappa shape index (κ3) is 2.31. The number of pyridine rings is 1. The first-order chi connectivity index (χ1) is 11.1. The monoisotopic (exact) mass is 311 g/mol. The van der Waals surface area contributed by atoms with Crippen LogP contribution in [0.3, 0.4) is 0 Å². The Labute approximate surface area is 133 Å². The molecular weight excluding hydrogens is 294 g/mol. The lowest BCUT2D eigenvalue weighted by Gasteiger charge is -2.56. The van der Waals surface area contributed by atoms with Crippen molar-refractivity contribution in [3.05, 3.63) is 42.1 Å². The number of hydrogen-bond acceptors (Lipinski definition) is 5. The number of anilines is 2. The van der Waals surface area contributed by atoms with Crippen molar-refractivity contribution in [3.8, 4) is 11.1 Å². The summed E-state index contributed by atoms with van der Waals surface area (Å²) in [6.07, 6.45) is 1.60. The second kappa shape index (κ2) is 4.96. The maximum Gasteiger partial charge on any atom is 0.339 e. The highest BCUT2D eigenvalue weighted by atomic mass is 16.5. The summed E-state index contributed by atoms with van der Waals surface area (Å²) in [4.78, 5) is 17.5. The lowest BCUT2D eigenvalue weighted by molar-refractivity contribution is -0.127. The molecular formula is C17H17N3O3. The average Bonchev–Trinajstić information content (AvgIpc) is 2.45. The highest BCUT2D eigenvalue weighted by molar-refractivity contribution is 5.94. The molecule has 4 rings (SSSR count). The van der Waals surface area contributed by atoms with E-state index in [0.717, 1.165) is 37.4 Å². The van der Waals surface area contributed by atoms with Gasteiger partial charge in [0.25, 0.3) is 0 Å². The maximum atomic E-state index is 11.2. The Hall–Kier alpha value is -2.60. The zero-order valence-corrected chi connectivity index (χ0v) is 12.5. The van der Waals surface area contributed by atoms with E-state index in [2.05, 4.69) is 22.0 Å². The van der Waals surface area contributed by atoms with E-state index in [0.29, 0.717) is 5.41 Å². The van der Waals surface area contributed by atoms with Crippen LogP contribution >= 0.6 is 0 Å². The number of hydrogen-bond donors (Lipinski definition) is 2. The van der Waals surface area contributed by atoms with Gasteiger partial charge in [-0.15, -0.1) is 0 Å². The molecule has 0 unspecified atom stereocenters. The van der Waals surface area contributed by atoms with Gasteiger partial charge in [-0.05, 0) is 23.8 Å². The molecule has 1 aromatic heterocycles. The second-order valence-corrected chi connectivity index (χ2v) is 6.36. The summed E-state index contributed by atoms with van der Waals surface area (Å²) >= 11 is 0. The Morgan fingerprint density at radius 1 is 1.22 bits per heavy atom. The lowest BCUT2D eigenvalue weighted by Crippen LogP contribution is -2.66. The van der Waals surface area contributed by atoms with Gasteiger partial charge in [0.05, 0.1) is 18.6 Å². The van der Waals surface area contributed by atoms with Gasteiger partial charge in [-0.2, -0.15) is 0 Å². The molecule has 6 heteroatoms. The molecule has 3 N–H and O–H groups in total. The van der Waals surface area contributed by atoms with E-state index in [1.807, 2.05) is 12.1 Å². The zero-order valence-electron chi connectivity index (χ0n) is 12.5. The van der Waals surface area contributed by atoms with Crippen LogP contribution in [0.2, 0.25) is 0 Å². The van der Waals surface area contributed by atoms with E-state index >= 15 is 0 Å². The van der Waals surface area contributed by atoms with Crippen molar-refractivity contribution in [1.82, 2.24) is 4.98 Å². The summed E-state index contributed by atoms with van der Waals surface area (Å²) in [6, 6.07) is 9.63. The van der Waals surface area contributed by atoms with Gasteiger partial charge in [0.2, 0.25) is 0 Å². The van der Waals surface area contributed by atoms with Gasteiger partial charge < -0.3 is 20.5 Å². The van der Waals surface area contributed by atoms with Crippen LogP contribution in [-0.2, 0) is 4.74 Å². The summed E-state index contributed by atoms with van der Waals surface area (Å²) < 4.78 is 5.29. The van der Waals surface area contributed by atoms with E-state index in [9.17, 15) is 4.79 Å². The number of nitrogens with zero attached hydrogens (tertiary/aromatic N) is 2. The third-order valence-corrected chi connectivity index (χ3v) is 4.58. The van der Waals surface area contributed by atoms with Gasteiger partial charge >= 0.3 is 5.97 Å². The van der Waals surface area contributed by atoms with E-state index in [-0.39, 0.29) is 11.4 Å². The molecule has 6 nitrogen and oxygen atoms in total. The van der Waals surface area contributed by atoms with Gasteiger partial charge in [-0.3, -0.25) is 0 Å². The van der Waals surface area contributed by atoms with Crippen molar-refractivity contribution < 1.29 is 14.6 Å². The molecule has 0 radical (unpaired) electrons. The van der Waals surface area contributed by atoms with E-state index < -0.39 is 5.97 Å². The molecule has 2 fully saturated rings. The fourth-order valence-electron chi connectivity index (χ4n) is 3.19. The fourth-order valence-corrected chi connectivity index (χ4v) is 3.19. The lowest BCUT2D eigenvalue weighted by atomic mass is 9.78. The first kappa shape index (κ1) is 14.0. The van der Waals surface area contributed by atoms with E-state index in [4.69, 9.17) is 15.6 Å². The summed E-state index contributed by atoms with van der Waals surface area (Å²) in [6.45, 7) is 3.82. The molecule has 0 atom stereocenters. The van der Waals surface area contributed by atoms with Crippen molar-refractivity contribution >= 4 is 17.5 Å². The predicted octanol–water partition coefficient (Wildman–Crippen LogP) is 1.87. The highest BCUT2D eigenvalue weighted by Crippen LogP contribution is 2.40. The zero-order chi connectivity index (χ0) is 16.0. The Balaban J connectivity index is 1.54. The van der Waals surface area contributed by atoms with Crippen LogP contribution in [-0.4, -0.2) is 42.4 Å². The van der Waals surface area contributed by atoms with Crippen LogP contribution < -0.4 is 10.6 Å². The molecule has 0 aliphatic carbocycles. The van der Waals surface area contributed by atoms with Crippen molar-refractivity contribution in [2.75, 3.05) is 36.9 Å². The summed E-state index contributed by atoms with van der Waals surface area (Å²) in [5, 5.41) is 9.13. The Kier molecular flexibility index (Phi) is 3.02. The van der Waals surface area contributed by atoms with E-state index in [1.54, 1.807) is 12.3 Å². The molecule has 2 aliphatic heterocycles. The maximum absolute atomic E-state index is 11.2. The number of ether oxygens (including phenoxy) is 1. The van der Waals surface area contributed by atoms with Crippen LogP contribution in [0.15, 0.2) is 36.5 Å². The second-order valence-electron chi connectivity index (χ2n) is 6.36. The molecule has 1 spiro atoms. The topological polar surface area (TPSA) is 88.7 Å². The van der Waals surface area contributed by atoms with Crippen molar-refractivity contribution in [3.63, 3.8) is 0 Å². The molecule has 0 bridgehead atoms. The minimum atomic E-state index is -1.07. The summed E-state index contributed by atoms with van der Waals surface area (Å²) in [5.74, 6) is -1.03. The van der Waals surface area contributed by atoms with Gasteiger partial charge in [0.15, 0.2) is 0 Å². The number of carbonyl (C=O) groups is 1. The van der Waals surface area contributed by atoms with Crippen LogP contribution in [0.25, 0.3) is 11.1 Å². The van der Waals surface area contributed by atoms with Crippen LogP contribution in [0.1, 0.15) is 10.4 Å². The first-order valence-electron chi connectivity index (χ1n) is 7.48. The average molecular weight is 311 g/mol. The third-order valence-electron chi connectivity index (χ3n) is 4.58. The minimum Gasteiger partial charge on any atom is -0.478 e. The number of aromatic nitrogens is 1. The molecule has 1 aromatic carbocycles. The molecule has 23 heavy (non-hydrogen) atoms. The summed E-state index contributed by atoms with van der Waals surface area (Å²) in [7, 11) is 0. The fraction of sp³-hybridized carbons (Fsp3) is 0.294. The highest BCUT2D eigenvalue weighted by Gasteiger charge is 2.48. The number of nitrogens with two attached hydrogens (primary N) is 1. The molecule has 118 valence electrons. The smallest absolute Gasteiger partial charge is 0.339 e. The molecule has 0 amide bonds. The molecule has 2 aliphatic rings. The molecule has 0 saturated carbocycles. The normalized spacial score (nSPS) is 18.3. The van der Waals surface area contributed by atoms with E-state index in [1.165, 1.54) is 5.69 Å². The standard InChI is InChI=1S/C17H17N3O3/c18-15-14(16(21)22)5-12(6-19-15)11-1-3-13(4-2-11)20-7-17(8-20)9-23-10-17/h1-6H,7-10H2,(H2,18,19)(H,21,22). The van der Waals surface area contributed by atoms with Crippen LogP contribution in [0.4, 0.5) is 11.5 Å². The Morgan fingerprint density at radius 3 is 2.48 bits per heavy atom. The number of rotatable bonds is 3. The van der Waals surface area contributed by atoms with Crippen molar-refractivity contribution in [2.45, 2.75) is 0 Å². The number of carboxylic acid groups (broad SMARTS) is 1. The van der Waals surface area contributed by atoms with Crippen molar-refractivity contribution in [1.29, 1.82) is 0 Å². The first-order valence-corrected chi connectivity index (χ1v) is 7.48. The quantitative estimate of drug-likeness (QED) is 0.899. The SMILES string of the molecule is Nc1ncc(-c2ccc(N3CC4(COC4)C3)cc2)cc1C(=O)O. The minimum absolute atomic E-state index is 0.0289. The molecule has 2 aromatic rings. The van der Waals surface area contributed by atoms with Gasteiger partial charge in [0, 0.05) is 30.5 Å². The number of aromatic carboxylic acids is 1. The van der Waals surface area contributed by atoms with Crippen molar-refractivity contribution in [2.24, 2.45) is 5.41 Å². The van der Waals surface area contributed by atoms with Gasteiger partial charge in [-0.1, -0.05) is 12.1 Å². The van der Waals surface area contributed by atoms with Crippen LogP contribution in [0, 0.1) is 5.41 Å². The molecule has 2 saturated heterocycles. The summed E-state index contributed by atoms with van der Waals surface area (Å²) in [5.41, 5.74) is 8.85. The van der Waals surface area contributed by atoms with Gasteiger partial charge in [0.1, 0.15) is 11.4 Å². The number of nitrogen functional groups attached to an aromatic ring is 1. The Morgan fingerprint density at radius 2 is 1.91 bits per heavy atom. The largest absolute Gasteiger partial charge is 0.478 e.